The SMILES string of the molecule is COc1ccccc1CNC(=O)Cc1ccc2c(c1)OCO2. The van der Waals surface area contributed by atoms with Crippen molar-refractivity contribution in [1.82, 2.24) is 5.32 Å². The standard InChI is InChI=1S/C17H17NO4/c1-20-14-5-3-2-4-13(14)10-18-17(19)9-12-6-7-15-16(8-12)22-11-21-15/h2-8H,9-11H2,1H3,(H,18,19). The van der Waals surface area contributed by atoms with E-state index in [-0.39, 0.29) is 12.7 Å². The van der Waals surface area contributed by atoms with Gasteiger partial charge in [-0.25, -0.2) is 0 Å². The van der Waals surface area contributed by atoms with Gasteiger partial charge in [-0.1, -0.05) is 24.3 Å². The van der Waals surface area contributed by atoms with E-state index in [1.165, 1.54) is 0 Å². The van der Waals surface area contributed by atoms with Crippen molar-refractivity contribution in [1.29, 1.82) is 0 Å². The summed E-state index contributed by atoms with van der Waals surface area (Å²) in [6, 6.07) is 13.2. The van der Waals surface area contributed by atoms with E-state index in [0.717, 1.165) is 22.6 Å². The highest BCUT2D eigenvalue weighted by atomic mass is 16.7. The normalized spacial score (nSPS) is 12.0. The quantitative estimate of drug-likeness (QED) is 0.920. The monoisotopic (exact) mass is 299 g/mol. The Balaban J connectivity index is 1.58. The maximum Gasteiger partial charge on any atom is 0.231 e. The van der Waals surface area contributed by atoms with Crippen molar-refractivity contribution >= 4 is 5.91 Å². The summed E-state index contributed by atoms with van der Waals surface area (Å²) in [5.41, 5.74) is 1.84. The van der Waals surface area contributed by atoms with Crippen LogP contribution in [0.25, 0.3) is 0 Å². The Bertz CT molecular complexity index is 684. The third-order valence-electron chi connectivity index (χ3n) is 3.47. The fraction of sp³-hybridized carbons (Fsp3) is 0.235. The summed E-state index contributed by atoms with van der Waals surface area (Å²) in [7, 11) is 1.62. The molecule has 22 heavy (non-hydrogen) atoms. The average Bonchev–Trinajstić information content (AvgIpc) is 3.01. The van der Waals surface area contributed by atoms with Gasteiger partial charge in [0.25, 0.3) is 0 Å². The van der Waals surface area contributed by atoms with Crippen LogP contribution < -0.4 is 19.5 Å². The number of amides is 1. The Labute approximate surface area is 128 Å². The van der Waals surface area contributed by atoms with Gasteiger partial charge in [-0.3, -0.25) is 4.79 Å². The zero-order valence-corrected chi connectivity index (χ0v) is 12.3. The molecule has 1 aliphatic heterocycles. The molecule has 114 valence electrons. The number of rotatable bonds is 5. The van der Waals surface area contributed by atoms with Crippen LogP contribution in [0.3, 0.4) is 0 Å². The topological polar surface area (TPSA) is 56.8 Å². The zero-order valence-electron chi connectivity index (χ0n) is 12.3. The van der Waals surface area contributed by atoms with Gasteiger partial charge >= 0.3 is 0 Å². The lowest BCUT2D eigenvalue weighted by molar-refractivity contribution is -0.120. The van der Waals surface area contributed by atoms with E-state index in [1.807, 2.05) is 42.5 Å². The molecule has 0 radical (unpaired) electrons. The molecule has 0 fully saturated rings. The van der Waals surface area contributed by atoms with Crippen LogP contribution in [0.1, 0.15) is 11.1 Å². The molecular weight excluding hydrogens is 282 g/mol. The van der Waals surface area contributed by atoms with E-state index in [4.69, 9.17) is 14.2 Å². The van der Waals surface area contributed by atoms with Gasteiger partial charge in [0, 0.05) is 12.1 Å². The van der Waals surface area contributed by atoms with Gasteiger partial charge in [0.1, 0.15) is 5.75 Å². The fourth-order valence-electron chi connectivity index (χ4n) is 2.34. The number of carbonyl (C=O) groups excluding carboxylic acids is 1. The van der Waals surface area contributed by atoms with E-state index in [9.17, 15) is 4.79 Å². The minimum absolute atomic E-state index is 0.0511. The van der Waals surface area contributed by atoms with Crippen LogP contribution in [0.15, 0.2) is 42.5 Å². The predicted octanol–water partition coefficient (Wildman–Crippen LogP) is 2.28. The highest BCUT2D eigenvalue weighted by Crippen LogP contribution is 2.32. The number of para-hydroxylation sites is 1. The van der Waals surface area contributed by atoms with Crippen molar-refractivity contribution in [2.45, 2.75) is 13.0 Å². The van der Waals surface area contributed by atoms with E-state index >= 15 is 0 Å². The molecular formula is C17H17NO4. The first-order chi connectivity index (χ1) is 10.8. The van der Waals surface area contributed by atoms with Crippen molar-refractivity contribution in [3.05, 3.63) is 53.6 Å². The fourth-order valence-corrected chi connectivity index (χ4v) is 2.34. The molecule has 2 aromatic carbocycles. The average molecular weight is 299 g/mol. The van der Waals surface area contributed by atoms with Crippen LogP contribution in [-0.2, 0) is 17.8 Å². The largest absolute Gasteiger partial charge is 0.496 e. The highest BCUT2D eigenvalue weighted by molar-refractivity contribution is 5.78. The van der Waals surface area contributed by atoms with E-state index in [0.29, 0.717) is 18.7 Å². The molecule has 1 N–H and O–H groups in total. The molecule has 0 unspecified atom stereocenters. The molecule has 5 nitrogen and oxygen atoms in total. The highest BCUT2D eigenvalue weighted by Gasteiger charge is 2.14. The van der Waals surface area contributed by atoms with Gasteiger partial charge in [-0.15, -0.1) is 0 Å². The first-order valence-electron chi connectivity index (χ1n) is 7.03. The molecule has 0 aliphatic carbocycles. The lowest BCUT2D eigenvalue weighted by Crippen LogP contribution is -2.24. The molecule has 3 rings (SSSR count). The molecule has 0 bridgehead atoms. The first-order valence-corrected chi connectivity index (χ1v) is 7.03. The summed E-state index contributed by atoms with van der Waals surface area (Å²) < 4.78 is 15.8. The smallest absolute Gasteiger partial charge is 0.231 e. The Kier molecular flexibility index (Phi) is 4.14. The summed E-state index contributed by atoms with van der Waals surface area (Å²) in [6.07, 6.45) is 0.297. The van der Waals surface area contributed by atoms with Gasteiger partial charge in [0.15, 0.2) is 11.5 Å². The minimum atomic E-state index is -0.0511. The second kappa shape index (κ2) is 6.39. The number of benzene rings is 2. The van der Waals surface area contributed by atoms with Crippen molar-refractivity contribution in [2.75, 3.05) is 13.9 Å². The molecule has 0 spiro atoms. The van der Waals surface area contributed by atoms with Crippen molar-refractivity contribution in [2.24, 2.45) is 0 Å². The van der Waals surface area contributed by atoms with Crippen LogP contribution in [0.2, 0.25) is 0 Å². The predicted molar refractivity (Wildman–Crippen MR) is 81.1 cm³/mol. The second-order valence-corrected chi connectivity index (χ2v) is 4.95. The molecule has 0 atom stereocenters. The van der Waals surface area contributed by atoms with Crippen molar-refractivity contribution in [3.63, 3.8) is 0 Å². The van der Waals surface area contributed by atoms with Gasteiger partial charge < -0.3 is 19.5 Å². The Hall–Kier alpha value is -2.69. The van der Waals surface area contributed by atoms with Crippen LogP contribution in [0.4, 0.5) is 0 Å². The van der Waals surface area contributed by atoms with Crippen molar-refractivity contribution in [3.8, 4) is 17.2 Å². The van der Waals surface area contributed by atoms with E-state index in [2.05, 4.69) is 5.32 Å². The molecule has 0 saturated heterocycles. The summed E-state index contributed by atoms with van der Waals surface area (Å²) >= 11 is 0. The number of nitrogens with one attached hydrogen (secondary N) is 1. The van der Waals surface area contributed by atoms with E-state index in [1.54, 1.807) is 7.11 Å². The lowest BCUT2D eigenvalue weighted by Gasteiger charge is -2.09. The number of hydrogen-bond acceptors (Lipinski definition) is 4. The van der Waals surface area contributed by atoms with Crippen LogP contribution in [0, 0.1) is 0 Å². The third-order valence-corrected chi connectivity index (χ3v) is 3.47. The molecule has 2 aromatic rings. The van der Waals surface area contributed by atoms with Crippen LogP contribution in [0.5, 0.6) is 17.2 Å². The maximum absolute atomic E-state index is 12.1. The number of ether oxygens (including phenoxy) is 3. The number of hydrogen-bond donors (Lipinski definition) is 1. The summed E-state index contributed by atoms with van der Waals surface area (Å²) in [4.78, 5) is 12.1. The molecule has 0 saturated carbocycles. The Morgan fingerprint density at radius 2 is 2.00 bits per heavy atom. The van der Waals surface area contributed by atoms with Crippen LogP contribution in [-0.4, -0.2) is 19.8 Å². The maximum atomic E-state index is 12.1. The Morgan fingerprint density at radius 1 is 1.18 bits per heavy atom. The van der Waals surface area contributed by atoms with Gasteiger partial charge in [-0.2, -0.15) is 0 Å². The molecule has 1 amide bonds. The Morgan fingerprint density at radius 3 is 2.86 bits per heavy atom. The molecule has 1 aliphatic rings. The summed E-state index contributed by atoms with van der Waals surface area (Å²) in [5.74, 6) is 2.13. The van der Waals surface area contributed by atoms with Crippen molar-refractivity contribution < 1.29 is 19.0 Å². The molecule has 5 heteroatoms. The first kappa shape index (κ1) is 14.3. The van der Waals surface area contributed by atoms with Gasteiger partial charge in [0.2, 0.25) is 12.7 Å². The van der Waals surface area contributed by atoms with E-state index < -0.39 is 0 Å². The zero-order chi connectivity index (χ0) is 15.4. The minimum Gasteiger partial charge on any atom is -0.496 e. The number of fused-ring (bicyclic) bond motifs is 1. The molecule has 0 aromatic heterocycles. The molecule has 1 heterocycles. The number of carbonyl (C=O) groups is 1. The van der Waals surface area contributed by atoms with Gasteiger partial charge in [-0.05, 0) is 23.8 Å². The second-order valence-electron chi connectivity index (χ2n) is 4.95. The lowest BCUT2D eigenvalue weighted by atomic mass is 10.1. The van der Waals surface area contributed by atoms with Crippen LogP contribution >= 0.6 is 0 Å². The summed E-state index contributed by atoms with van der Waals surface area (Å²) in [5, 5.41) is 2.90. The summed E-state index contributed by atoms with van der Waals surface area (Å²) in [6.45, 7) is 0.673. The third kappa shape index (κ3) is 3.14. The number of methoxy groups -OCH3 is 1. The van der Waals surface area contributed by atoms with Gasteiger partial charge in [0.05, 0.1) is 13.5 Å².